The standard InChI is InChI=1S/C13H23N3O2/c1-4-13(7-5-6-8-13)11-15-10(16-18-11)12(2,14)9-17-3/h4-9,14H2,1-3H3. The summed E-state index contributed by atoms with van der Waals surface area (Å²) < 4.78 is 10.6. The van der Waals surface area contributed by atoms with E-state index in [1.54, 1.807) is 7.11 Å². The number of hydrogen-bond acceptors (Lipinski definition) is 5. The second kappa shape index (κ2) is 4.97. The fraction of sp³-hybridized carbons (Fsp3) is 0.846. The molecule has 1 aromatic rings. The van der Waals surface area contributed by atoms with Crippen LogP contribution in [0.2, 0.25) is 0 Å². The highest BCUT2D eigenvalue weighted by Crippen LogP contribution is 2.43. The molecule has 0 radical (unpaired) electrons. The Balaban J connectivity index is 2.24. The van der Waals surface area contributed by atoms with Gasteiger partial charge in [-0.1, -0.05) is 24.9 Å². The van der Waals surface area contributed by atoms with Crippen molar-refractivity contribution in [1.29, 1.82) is 0 Å². The van der Waals surface area contributed by atoms with E-state index in [2.05, 4.69) is 17.1 Å². The summed E-state index contributed by atoms with van der Waals surface area (Å²) in [5.41, 5.74) is 5.52. The number of nitrogens with two attached hydrogens (primary N) is 1. The zero-order chi connectivity index (χ0) is 13.2. The van der Waals surface area contributed by atoms with Gasteiger partial charge in [0.05, 0.1) is 6.61 Å². The molecule has 0 aliphatic heterocycles. The SMILES string of the molecule is CCC1(c2nc(C(C)(N)COC)no2)CCCC1. The zero-order valence-corrected chi connectivity index (χ0v) is 11.5. The van der Waals surface area contributed by atoms with Gasteiger partial charge in [-0.15, -0.1) is 0 Å². The Morgan fingerprint density at radius 1 is 1.44 bits per heavy atom. The summed E-state index contributed by atoms with van der Waals surface area (Å²) in [6.07, 6.45) is 5.79. The van der Waals surface area contributed by atoms with Crippen molar-refractivity contribution in [3.8, 4) is 0 Å². The summed E-state index contributed by atoms with van der Waals surface area (Å²) in [4.78, 5) is 4.54. The Kier molecular flexibility index (Phi) is 3.73. The minimum atomic E-state index is -0.690. The van der Waals surface area contributed by atoms with E-state index >= 15 is 0 Å². The van der Waals surface area contributed by atoms with Crippen molar-refractivity contribution in [2.75, 3.05) is 13.7 Å². The van der Waals surface area contributed by atoms with E-state index in [0.29, 0.717) is 12.4 Å². The Bertz CT molecular complexity index is 395. The first-order valence-corrected chi connectivity index (χ1v) is 6.66. The molecule has 1 unspecified atom stereocenters. The van der Waals surface area contributed by atoms with E-state index in [-0.39, 0.29) is 5.41 Å². The van der Waals surface area contributed by atoms with Crippen LogP contribution in [0.25, 0.3) is 0 Å². The lowest BCUT2D eigenvalue weighted by molar-refractivity contribution is 0.134. The Morgan fingerprint density at radius 2 is 2.11 bits per heavy atom. The van der Waals surface area contributed by atoms with Crippen LogP contribution in [0.5, 0.6) is 0 Å². The minimum absolute atomic E-state index is 0.0778. The summed E-state index contributed by atoms with van der Waals surface area (Å²) in [6, 6.07) is 0. The maximum absolute atomic E-state index is 6.14. The number of nitrogens with zero attached hydrogens (tertiary/aromatic N) is 2. The highest BCUT2D eigenvalue weighted by molar-refractivity contribution is 5.11. The van der Waals surface area contributed by atoms with Crippen LogP contribution in [0, 0.1) is 0 Å². The van der Waals surface area contributed by atoms with E-state index < -0.39 is 5.54 Å². The van der Waals surface area contributed by atoms with Gasteiger partial charge < -0.3 is 15.0 Å². The first-order valence-electron chi connectivity index (χ1n) is 6.66. The van der Waals surface area contributed by atoms with Crippen LogP contribution in [0.3, 0.4) is 0 Å². The van der Waals surface area contributed by atoms with Crippen LogP contribution < -0.4 is 5.73 Å². The average molecular weight is 253 g/mol. The molecular weight excluding hydrogens is 230 g/mol. The van der Waals surface area contributed by atoms with Gasteiger partial charge in [-0.05, 0) is 26.2 Å². The molecule has 2 rings (SSSR count). The van der Waals surface area contributed by atoms with E-state index in [4.69, 9.17) is 15.0 Å². The van der Waals surface area contributed by atoms with Crippen LogP contribution in [0.4, 0.5) is 0 Å². The number of rotatable bonds is 5. The first-order chi connectivity index (χ1) is 8.54. The van der Waals surface area contributed by atoms with Crippen molar-refractivity contribution in [3.05, 3.63) is 11.7 Å². The summed E-state index contributed by atoms with van der Waals surface area (Å²) in [5, 5.41) is 4.05. The van der Waals surface area contributed by atoms with Crippen molar-refractivity contribution >= 4 is 0 Å². The van der Waals surface area contributed by atoms with Gasteiger partial charge in [0.2, 0.25) is 5.89 Å². The third kappa shape index (κ3) is 2.29. The predicted molar refractivity (Wildman–Crippen MR) is 68.2 cm³/mol. The van der Waals surface area contributed by atoms with E-state index in [1.165, 1.54) is 12.8 Å². The molecular formula is C13H23N3O2. The topological polar surface area (TPSA) is 74.2 Å². The van der Waals surface area contributed by atoms with Crippen LogP contribution in [0.15, 0.2) is 4.52 Å². The van der Waals surface area contributed by atoms with Crippen LogP contribution in [-0.2, 0) is 15.7 Å². The third-order valence-electron chi connectivity index (χ3n) is 4.07. The van der Waals surface area contributed by atoms with Crippen LogP contribution >= 0.6 is 0 Å². The molecule has 0 aromatic carbocycles. The highest BCUT2D eigenvalue weighted by Gasteiger charge is 2.40. The molecule has 1 aromatic heterocycles. The smallest absolute Gasteiger partial charge is 0.232 e. The summed E-state index contributed by atoms with van der Waals surface area (Å²) in [5.74, 6) is 1.30. The lowest BCUT2D eigenvalue weighted by Gasteiger charge is -2.22. The summed E-state index contributed by atoms with van der Waals surface area (Å²) >= 11 is 0. The van der Waals surface area contributed by atoms with Gasteiger partial charge in [0.25, 0.3) is 0 Å². The molecule has 1 saturated carbocycles. The van der Waals surface area contributed by atoms with Crippen molar-refractivity contribution in [2.24, 2.45) is 5.73 Å². The number of methoxy groups -OCH3 is 1. The van der Waals surface area contributed by atoms with E-state index in [0.717, 1.165) is 25.2 Å². The fourth-order valence-electron chi connectivity index (χ4n) is 2.81. The van der Waals surface area contributed by atoms with Gasteiger partial charge in [0.1, 0.15) is 5.54 Å². The minimum Gasteiger partial charge on any atom is -0.382 e. The molecule has 0 amide bonds. The lowest BCUT2D eigenvalue weighted by atomic mass is 9.83. The summed E-state index contributed by atoms with van der Waals surface area (Å²) in [7, 11) is 1.62. The molecule has 1 heterocycles. The summed E-state index contributed by atoms with van der Waals surface area (Å²) in [6.45, 7) is 4.43. The third-order valence-corrected chi connectivity index (χ3v) is 4.07. The quantitative estimate of drug-likeness (QED) is 0.870. The molecule has 0 saturated heterocycles. The van der Waals surface area contributed by atoms with E-state index in [9.17, 15) is 0 Å². The first kappa shape index (κ1) is 13.5. The Hall–Kier alpha value is -0.940. The average Bonchev–Trinajstić information content (AvgIpc) is 2.99. The van der Waals surface area contributed by atoms with Gasteiger partial charge in [0.15, 0.2) is 5.82 Å². The predicted octanol–water partition coefficient (Wildman–Crippen LogP) is 2.11. The second-order valence-electron chi connectivity index (χ2n) is 5.61. The maximum atomic E-state index is 6.14. The normalized spacial score (nSPS) is 22.0. The van der Waals surface area contributed by atoms with Gasteiger partial charge >= 0.3 is 0 Å². The number of hydrogen-bond donors (Lipinski definition) is 1. The van der Waals surface area contributed by atoms with Crippen molar-refractivity contribution in [2.45, 2.75) is 56.9 Å². The zero-order valence-electron chi connectivity index (χ0n) is 11.5. The van der Waals surface area contributed by atoms with Crippen molar-refractivity contribution in [3.63, 3.8) is 0 Å². The molecule has 1 aliphatic rings. The lowest BCUT2D eigenvalue weighted by Crippen LogP contribution is -2.39. The largest absolute Gasteiger partial charge is 0.382 e. The molecule has 5 nitrogen and oxygen atoms in total. The maximum Gasteiger partial charge on any atom is 0.232 e. The monoisotopic (exact) mass is 253 g/mol. The number of aromatic nitrogens is 2. The van der Waals surface area contributed by atoms with Crippen molar-refractivity contribution in [1.82, 2.24) is 10.1 Å². The highest BCUT2D eigenvalue weighted by atomic mass is 16.5. The van der Waals surface area contributed by atoms with Gasteiger partial charge in [0, 0.05) is 12.5 Å². The van der Waals surface area contributed by atoms with Crippen LogP contribution in [0.1, 0.15) is 57.7 Å². The molecule has 0 bridgehead atoms. The number of ether oxygens (including phenoxy) is 1. The van der Waals surface area contributed by atoms with Gasteiger partial charge in [-0.3, -0.25) is 0 Å². The second-order valence-corrected chi connectivity index (χ2v) is 5.61. The molecule has 1 aliphatic carbocycles. The van der Waals surface area contributed by atoms with Crippen LogP contribution in [-0.4, -0.2) is 23.9 Å². The molecule has 1 fully saturated rings. The van der Waals surface area contributed by atoms with Crippen molar-refractivity contribution < 1.29 is 9.26 Å². The molecule has 5 heteroatoms. The molecule has 2 N–H and O–H groups in total. The van der Waals surface area contributed by atoms with E-state index in [1.807, 2.05) is 6.92 Å². The van der Waals surface area contributed by atoms with Gasteiger partial charge in [-0.25, -0.2) is 0 Å². The molecule has 102 valence electrons. The Labute approximate surface area is 108 Å². The van der Waals surface area contributed by atoms with Gasteiger partial charge in [-0.2, -0.15) is 4.98 Å². The molecule has 18 heavy (non-hydrogen) atoms. The molecule has 1 atom stereocenters. The Morgan fingerprint density at radius 3 is 2.67 bits per heavy atom. The molecule has 0 spiro atoms. The fourth-order valence-corrected chi connectivity index (χ4v) is 2.81.